The average molecular weight is 344 g/mol. The smallest absolute Gasteiger partial charge is 0.324 e. The van der Waals surface area contributed by atoms with Gasteiger partial charge in [-0.1, -0.05) is 32.9 Å². The number of rotatable bonds is 0. The van der Waals surface area contributed by atoms with E-state index in [9.17, 15) is 13.2 Å². The Morgan fingerprint density at radius 3 is 2.71 bits per heavy atom. The van der Waals surface area contributed by atoms with E-state index in [2.05, 4.69) is 28.3 Å². The number of allylic oxidation sites excluding steroid dienone is 2. The van der Waals surface area contributed by atoms with Crippen molar-refractivity contribution in [2.75, 3.05) is 0 Å². The van der Waals surface area contributed by atoms with Crippen molar-refractivity contribution in [2.24, 2.45) is 0 Å². The van der Waals surface area contributed by atoms with Crippen LogP contribution in [0, 0.1) is 0 Å². The third-order valence-corrected chi connectivity index (χ3v) is 6.95. The standard InChI is InChI=1S/C18H12F3N2P/c19-18(20,21)9-7-11-10-3-1-2-4-13(10)22-5-6-23-16(22)14(11)12(8-9)15-17(23)24-15/h1-8,13,15,17,24H. The molecule has 0 spiro atoms. The van der Waals surface area contributed by atoms with Gasteiger partial charge in [0.25, 0.3) is 0 Å². The highest BCUT2D eigenvalue weighted by Gasteiger charge is 2.52. The van der Waals surface area contributed by atoms with E-state index in [1.165, 1.54) is 12.1 Å². The lowest BCUT2D eigenvalue weighted by Gasteiger charge is -2.37. The molecule has 1 aromatic rings. The van der Waals surface area contributed by atoms with E-state index < -0.39 is 11.7 Å². The summed E-state index contributed by atoms with van der Waals surface area (Å²) in [6, 6.07) is 2.71. The molecule has 6 heteroatoms. The van der Waals surface area contributed by atoms with E-state index >= 15 is 0 Å². The zero-order chi connectivity index (χ0) is 16.2. The minimum atomic E-state index is -4.31. The molecule has 24 heavy (non-hydrogen) atoms. The highest BCUT2D eigenvalue weighted by molar-refractivity contribution is 7.48. The molecule has 2 nitrogen and oxygen atoms in total. The van der Waals surface area contributed by atoms with Crippen molar-refractivity contribution in [1.29, 1.82) is 0 Å². The van der Waals surface area contributed by atoms with Crippen molar-refractivity contribution in [1.82, 2.24) is 9.80 Å². The number of alkyl halides is 3. The van der Waals surface area contributed by atoms with E-state index in [1.807, 2.05) is 18.2 Å². The molecule has 0 radical (unpaired) electrons. The normalized spacial score (nSPS) is 31.5. The monoisotopic (exact) mass is 344 g/mol. The first-order valence-electron chi connectivity index (χ1n) is 7.90. The molecule has 4 atom stereocenters. The second kappa shape index (κ2) is 3.97. The Labute approximate surface area is 137 Å². The van der Waals surface area contributed by atoms with Gasteiger partial charge < -0.3 is 9.80 Å². The Kier molecular flexibility index (Phi) is 2.20. The van der Waals surface area contributed by atoms with E-state index in [0.29, 0.717) is 14.4 Å². The Morgan fingerprint density at radius 1 is 1.04 bits per heavy atom. The van der Waals surface area contributed by atoms with Crippen LogP contribution in [0.2, 0.25) is 0 Å². The largest absolute Gasteiger partial charge is 0.416 e. The Hall–Kier alpha value is -2.00. The summed E-state index contributed by atoms with van der Waals surface area (Å²) in [6.45, 7) is 0. The molecule has 5 aliphatic rings. The van der Waals surface area contributed by atoms with E-state index in [0.717, 1.165) is 27.4 Å². The number of nitrogens with zero attached hydrogens (tertiary/aromatic N) is 2. The Balaban J connectivity index is 1.81. The highest BCUT2D eigenvalue weighted by Crippen LogP contribution is 2.65. The summed E-state index contributed by atoms with van der Waals surface area (Å²) in [7, 11) is 0.668. The summed E-state index contributed by atoms with van der Waals surface area (Å²) in [4.78, 5) is 4.47. The Bertz CT molecular complexity index is 1020. The highest BCUT2D eigenvalue weighted by atomic mass is 31.1. The maximum atomic E-state index is 13.4. The number of hydrogen-bond donors (Lipinski definition) is 0. The van der Waals surface area contributed by atoms with Crippen molar-refractivity contribution >= 4 is 20.0 Å². The van der Waals surface area contributed by atoms with Gasteiger partial charge in [-0.3, -0.25) is 0 Å². The van der Waals surface area contributed by atoms with E-state index in [1.54, 1.807) is 0 Å². The molecule has 6 rings (SSSR count). The predicted octanol–water partition coefficient (Wildman–Crippen LogP) is 2.59. The van der Waals surface area contributed by atoms with Crippen LogP contribution in [0.15, 0.2) is 48.8 Å². The quantitative estimate of drug-likeness (QED) is 0.668. The van der Waals surface area contributed by atoms with E-state index in [-0.39, 0.29) is 11.7 Å². The molecule has 4 heterocycles. The summed E-state index contributed by atoms with van der Waals surface area (Å²) in [5.74, 6) is 1.41. The van der Waals surface area contributed by atoms with Crippen molar-refractivity contribution < 1.29 is 13.2 Å². The molecule has 120 valence electrons. The lowest BCUT2D eigenvalue weighted by atomic mass is 9.89. The van der Waals surface area contributed by atoms with Crippen molar-refractivity contribution in [2.45, 2.75) is 23.7 Å². The van der Waals surface area contributed by atoms with Crippen LogP contribution in [-0.4, -0.2) is 21.6 Å². The summed E-state index contributed by atoms with van der Waals surface area (Å²) >= 11 is 0. The zero-order valence-corrected chi connectivity index (χ0v) is 13.4. The Morgan fingerprint density at radius 2 is 1.88 bits per heavy atom. The molecule has 1 saturated heterocycles. The fraction of sp³-hybridized carbons (Fsp3) is 0.222. The van der Waals surface area contributed by atoms with Crippen LogP contribution in [0.25, 0.3) is 11.4 Å². The third kappa shape index (κ3) is 1.47. The van der Waals surface area contributed by atoms with Crippen LogP contribution >= 0.6 is 8.58 Å². The lowest BCUT2D eigenvalue weighted by Crippen LogP contribution is -2.51. The molecule has 0 aromatic heterocycles. The topological polar surface area (TPSA) is 6.48 Å². The SMILES string of the molecule is FC(F)(F)c1cc2c3c(c1)=C1C=CC=CC1N1C=CN(C=31)C1PC21. The van der Waals surface area contributed by atoms with Gasteiger partial charge in [-0.05, 0) is 28.5 Å². The van der Waals surface area contributed by atoms with Crippen molar-refractivity contribution in [3.05, 3.63) is 70.4 Å². The minimum absolute atomic E-state index is 0.0197. The number of benzene rings is 1. The minimum Gasteiger partial charge on any atom is -0.324 e. The molecule has 4 aliphatic heterocycles. The van der Waals surface area contributed by atoms with Gasteiger partial charge in [0, 0.05) is 23.3 Å². The van der Waals surface area contributed by atoms with Crippen molar-refractivity contribution in [3.63, 3.8) is 0 Å². The lowest BCUT2D eigenvalue weighted by molar-refractivity contribution is -0.137. The molecule has 0 bridgehead atoms. The van der Waals surface area contributed by atoms with Crippen LogP contribution < -0.4 is 10.4 Å². The van der Waals surface area contributed by atoms with Gasteiger partial charge in [0.2, 0.25) is 0 Å². The first kappa shape index (κ1) is 13.3. The van der Waals surface area contributed by atoms with Crippen LogP contribution in [0.1, 0.15) is 16.8 Å². The van der Waals surface area contributed by atoms with Gasteiger partial charge in [-0.2, -0.15) is 13.2 Å². The van der Waals surface area contributed by atoms with Gasteiger partial charge in [0.1, 0.15) is 5.82 Å². The fourth-order valence-electron chi connectivity index (χ4n) is 4.33. The van der Waals surface area contributed by atoms with Crippen LogP contribution in [0.4, 0.5) is 13.2 Å². The van der Waals surface area contributed by atoms with E-state index in [4.69, 9.17) is 0 Å². The van der Waals surface area contributed by atoms with Gasteiger partial charge in [-0.15, -0.1) is 0 Å². The van der Waals surface area contributed by atoms with Gasteiger partial charge in [-0.25, -0.2) is 0 Å². The maximum absolute atomic E-state index is 13.4. The summed E-state index contributed by atoms with van der Waals surface area (Å²) in [5, 5.41) is 1.76. The maximum Gasteiger partial charge on any atom is 0.416 e. The summed E-state index contributed by atoms with van der Waals surface area (Å²) in [5.41, 5.74) is 1.57. The van der Waals surface area contributed by atoms with Crippen LogP contribution in [-0.2, 0) is 6.18 Å². The molecule has 0 saturated carbocycles. The molecule has 4 unspecified atom stereocenters. The fourth-order valence-corrected chi connectivity index (χ4v) is 5.70. The molecule has 0 amide bonds. The average Bonchev–Trinajstić information content (AvgIpc) is 3.25. The second-order valence-electron chi connectivity index (χ2n) is 6.66. The van der Waals surface area contributed by atoms with Crippen LogP contribution in [0.3, 0.4) is 0 Å². The first-order chi connectivity index (χ1) is 11.5. The van der Waals surface area contributed by atoms with Gasteiger partial charge in [0.05, 0.1) is 17.4 Å². The summed E-state index contributed by atoms with van der Waals surface area (Å²) < 4.78 is 40.3. The molecular weight excluding hydrogens is 332 g/mol. The summed E-state index contributed by atoms with van der Waals surface area (Å²) in [6.07, 6.45) is 7.73. The zero-order valence-electron chi connectivity index (χ0n) is 12.4. The predicted molar refractivity (Wildman–Crippen MR) is 87.2 cm³/mol. The third-order valence-electron chi connectivity index (χ3n) is 5.40. The second-order valence-corrected chi connectivity index (χ2v) is 8.20. The first-order valence-corrected chi connectivity index (χ1v) is 9.05. The van der Waals surface area contributed by atoms with Gasteiger partial charge >= 0.3 is 6.18 Å². The molecule has 1 aromatic carbocycles. The number of hydrogen-bond acceptors (Lipinski definition) is 2. The molecule has 0 N–H and O–H groups in total. The molecule has 1 fully saturated rings. The van der Waals surface area contributed by atoms with Gasteiger partial charge in [0.15, 0.2) is 0 Å². The molecule has 1 aliphatic carbocycles. The molecular formula is C18H12F3N2P. The van der Waals surface area contributed by atoms with Crippen LogP contribution in [0.5, 0.6) is 0 Å². The number of fused-ring (bicyclic) bond motifs is 5. The van der Waals surface area contributed by atoms with Crippen molar-refractivity contribution in [3.8, 4) is 0 Å². The number of halogens is 3.